The average molecular weight is 502 g/mol. The molecule has 9 heteroatoms. The Morgan fingerprint density at radius 2 is 1.11 bits per heavy atom. The Hall–Kier alpha value is -3.43. The van der Waals surface area contributed by atoms with Crippen LogP contribution in [0, 0.1) is 0 Å². The zero-order valence-corrected chi connectivity index (χ0v) is 19.3. The van der Waals surface area contributed by atoms with E-state index >= 15 is 0 Å². The molecule has 6 nitrogen and oxygen atoms in total. The van der Waals surface area contributed by atoms with Gasteiger partial charge in [-0.3, -0.25) is 0 Å². The van der Waals surface area contributed by atoms with E-state index in [4.69, 9.17) is 28.4 Å². The van der Waals surface area contributed by atoms with E-state index in [0.29, 0.717) is 31.3 Å². The van der Waals surface area contributed by atoms with Gasteiger partial charge in [-0.25, -0.2) is 0 Å². The lowest BCUT2D eigenvalue weighted by molar-refractivity contribution is -0.139. The fraction of sp³-hybridized carbons (Fsp3) is 0.333. The minimum absolute atomic E-state index is 0.0173. The van der Waals surface area contributed by atoms with E-state index in [9.17, 15) is 13.2 Å². The number of hydrogen-bond acceptors (Lipinski definition) is 6. The summed E-state index contributed by atoms with van der Waals surface area (Å²) in [5.74, 6) is 1.20. The third kappa shape index (κ3) is 7.05. The minimum Gasteiger partial charge on any atom is -0.491 e. The van der Waals surface area contributed by atoms with Gasteiger partial charge >= 0.3 is 6.18 Å². The zero-order valence-electron chi connectivity index (χ0n) is 19.3. The van der Waals surface area contributed by atoms with E-state index in [1.54, 1.807) is 48.5 Å². The highest BCUT2D eigenvalue weighted by Gasteiger charge is 2.35. The summed E-state index contributed by atoms with van der Waals surface area (Å²) in [4.78, 5) is 0. The zero-order chi connectivity index (χ0) is 25.0. The summed E-state index contributed by atoms with van der Waals surface area (Å²) in [6.45, 7) is 2.50. The Labute approximate surface area is 206 Å². The van der Waals surface area contributed by atoms with Crippen LogP contribution in [0.4, 0.5) is 13.2 Å². The van der Waals surface area contributed by atoms with Gasteiger partial charge in [0.15, 0.2) is 0 Å². The molecule has 0 aliphatic carbocycles. The van der Waals surface area contributed by atoms with Crippen molar-refractivity contribution in [3.63, 3.8) is 0 Å². The summed E-state index contributed by atoms with van der Waals surface area (Å²) >= 11 is 0. The van der Waals surface area contributed by atoms with Gasteiger partial charge in [-0.2, -0.15) is 13.2 Å². The third-order valence-corrected chi connectivity index (χ3v) is 5.58. The first-order valence-corrected chi connectivity index (χ1v) is 11.6. The largest absolute Gasteiger partial charge is 0.491 e. The quantitative estimate of drug-likeness (QED) is 0.308. The first-order chi connectivity index (χ1) is 17.4. The molecule has 2 fully saturated rings. The van der Waals surface area contributed by atoms with Crippen LogP contribution in [0.2, 0.25) is 0 Å². The Bertz CT molecular complexity index is 1140. The van der Waals surface area contributed by atoms with Gasteiger partial charge in [0.2, 0.25) is 0 Å². The first-order valence-electron chi connectivity index (χ1n) is 11.6. The molecule has 2 heterocycles. The van der Waals surface area contributed by atoms with Gasteiger partial charge in [0.05, 0.1) is 13.2 Å². The molecule has 2 aliphatic heterocycles. The molecule has 0 bridgehead atoms. The summed E-state index contributed by atoms with van der Waals surface area (Å²) in [6.07, 6.45) is -4.29. The standard InChI is InChI=1S/C27H25F3O6/c28-27(29,30)25-11-22(31-12-18-1-5-20(6-2-18)32-14-23-16-34-23)9-10-26(25)36-13-19-3-7-21(8-4-19)33-15-24-17-35-24/h1-11,23-24H,12-17H2. The molecule has 0 saturated carbocycles. The molecular weight excluding hydrogens is 477 g/mol. The summed E-state index contributed by atoms with van der Waals surface area (Å²) in [5.41, 5.74) is 0.627. The van der Waals surface area contributed by atoms with Crippen molar-refractivity contribution in [3.8, 4) is 23.0 Å². The Morgan fingerprint density at radius 3 is 1.58 bits per heavy atom. The maximum absolute atomic E-state index is 13.7. The second-order valence-electron chi connectivity index (χ2n) is 8.55. The van der Waals surface area contributed by atoms with Crippen molar-refractivity contribution in [1.82, 2.24) is 0 Å². The van der Waals surface area contributed by atoms with Gasteiger partial charge < -0.3 is 28.4 Å². The van der Waals surface area contributed by atoms with Crippen molar-refractivity contribution in [2.45, 2.75) is 31.6 Å². The number of epoxide rings is 2. The van der Waals surface area contributed by atoms with Crippen LogP contribution in [0.3, 0.4) is 0 Å². The number of alkyl halides is 3. The number of halogens is 3. The van der Waals surface area contributed by atoms with Crippen LogP contribution in [0.15, 0.2) is 66.7 Å². The average Bonchev–Trinajstić information content (AvgIpc) is 3.80. The highest BCUT2D eigenvalue weighted by atomic mass is 19.4. The lowest BCUT2D eigenvalue weighted by Crippen LogP contribution is -2.09. The predicted octanol–water partition coefficient (Wildman–Crippen LogP) is 5.42. The molecule has 0 amide bonds. The summed E-state index contributed by atoms with van der Waals surface area (Å²) in [5, 5.41) is 0. The molecule has 0 aromatic heterocycles. The normalized spacial score (nSPS) is 18.4. The Kier molecular flexibility index (Phi) is 7.20. The van der Waals surface area contributed by atoms with E-state index in [1.807, 2.05) is 0 Å². The molecule has 3 aromatic rings. The Morgan fingerprint density at radius 1 is 0.639 bits per heavy atom. The fourth-order valence-electron chi connectivity index (χ4n) is 3.34. The number of benzene rings is 3. The van der Waals surface area contributed by atoms with Crippen molar-refractivity contribution in [2.75, 3.05) is 26.4 Å². The van der Waals surface area contributed by atoms with E-state index < -0.39 is 11.7 Å². The van der Waals surface area contributed by atoms with Gasteiger partial charge in [0.25, 0.3) is 0 Å². The molecule has 2 atom stereocenters. The summed E-state index contributed by atoms with van der Waals surface area (Å²) < 4.78 is 73.6. The third-order valence-electron chi connectivity index (χ3n) is 5.58. The van der Waals surface area contributed by atoms with Crippen LogP contribution < -0.4 is 18.9 Å². The smallest absolute Gasteiger partial charge is 0.420 e. The van der Waals surface area contributed by atoms with E-state index in [1.165, 1.54) is 12.1 Å². The second kappa shape index (κ2) is 10.7. The van der Waals surface area contributed by atoms with Crippen LogP contribution in [-0.4, -0.2) is 38.6 Å². The molecule has 0 radical (unpaired) electrons. The molecule has 3 aromatic carbocycles. The second-order valence-corrected chi connectivity index (χ2v) is 8.55. The number of rotatable bonds is 12. The first kappa shape index (κ1) is 24.3. The van der Waals surface area contributed by atoms with Crippen LogP contribution in [0.5, 0.6) is 23.0 Å². The lowest BCUT2D eigenvalue weighted by atomic mass is 10.1. The van der Waals surface area contributed by atoms with Crippen molar-refractivity contribution < 1.29 is 41.6 Å². The monoisotopic (exact) mass is 502 g/mol. The molecule has 5 rings (SSSR count). The highest BCUT2D eigenvalue weighted by Crippen LogP contribution is 2.39. The van der Waals surface area contributed by atoms with Crippen LogP contribution in [0.1, 0.15) is 16.7 Å². The van der Waals surface area contributed by atoms with Gasteiger partial charge in [-0.1, -0.05) is 24.3 Å². The number of hydrogen-bond donors (Lipinski definition) is 0. The molecule has 190 valence electrons. The molecule has 36 heavy (non-hydrogen) atoms. The molecule has 0 N–H and O–H groups in total. The summed E-state index contributed by atoms with van der Waals surface area (Å²) in [6, 6.07) is 17.9. The highest BCUT2D eigenvalue weighted by molar-refractivity contribution is 5.42. The molecule has 2 aliphatic rings. The van der Waals surface area contributed by atoms with Crippen LogP contribution in [0.25, 0.3) is 0 Å². The van der Waals surface area contributed by atoms with Crippen LogP contribution >= 0.6 is 0 Å². The Balaban J connectivity index is 1.16. The van der Waals surface area contributed by atoms with Crippen molar-refractivity contribution in [2.24, 2.45) is 0 Å². The molecule has 2 unspecified atom stereocenters. The topological polar surface area (TPSA) is 62.0 Å². The van der Waals surface area contributed by atoms with Crippen LogP contribution in [-0.2, 0) is 28.9 Å². The van der Waals surface area contributed by atoms with E-state index in [-0.39, 0.29) is 36.9 Å². The fourth-order valence-corrected chi connectivity index (χ4v) is 3.34. The maximum Gasteiger partial charge on any atom is 0.420 e. The maximum atomic E-state index is 13.7. The molecule has 0 spiro atoms. The van der Waals surface area contributed by atoms with E-state index in [0.717, 1.165) is 23.8 Å². The summed E-state index contributed by atoms with van der Waals surface area (Å²) in [7, 11) is 0. The van der Waals surface area contributed by atoms with Crippen molar-refractivity contribution >= 4 is 0 Å². The molecular formula is C27H25F3O6. The van der Waals surface area contributed by atoms with Crippen molar-refractivity contribution in [1.29, 1.82) is 0 Å². The predicted molar refractivity (Wildman–Crippen MR) is 123 cm³/mol. The number of ether oxygens (including phenoxy) is 6. The molecule has 2 saturated heterocycles. The minimum atomic E-state index is -4.60. The van der Waals surface area contributed by atoms with Gasteiger partial charge in [-0.15, -0.1) is 0 Å². The lowest BCUT2D eigenvalue weighted by Gasteiger charge is -2.16. The van der Waals surface area contributed by atoms with E-state index in [2.05, 4.69) is 0 Å². The van der Waals surface area contributed by atoms with Gasteiger partial charge in [0, 0.05) is 0 Å². The van der Waals surface area contributed by atoms with Crippen molar-refractivity contribution in [3.05, 3.63) is 83.4 Å². The SMILES string of the molecule is FC(F)(F)c1cc(OCc2ccc(OCC3CO3)cc2)ccc1OCc1ccc(OCC2CO2)cc1. The van der Waals surface area contributed by atoms with Gasteiger partial charge in [0.1, 0.15) is 67.2 Å². The van der Waals surface area contributed by atoms with Gasteiger partial charge in [-0.05, 0) is 53.6 Å².